The molecule has 7 nitrogen and oxygen atoms in total. The van der Waals surface area contributed by atoms with Crippen molar-refractivity contribution in [2.75, 3.05) is 19.8 Å². The Balaban J connectivity index is 1.57. The number of hydrogen-bond acceptors (Lipinski definition) is 5. The van der Waals surface area contributed by atoms with Gasteiger partial charge in [-0.15, -0.1) is 0 Å². The first-order chi connectivity index (χ1) is 15.9. The van der Waals surface area contributed by atoms with Gasteiger partial charge < -0.3 is 14.4 Å². The van der Waals surface area contributed by atoms with Gasteiger partial charge in [-0.1, -0.05) is 30.3 Å². The average molecular weight is 448 g/mol. The van der Waals surface area contributed by atoms with Crippen LogP contribution in [0.5, 0.6) is 5.75 Å². The van der Waals surface area contributed by atoms with Crippen molar-refractivity contribution in [2.24, 2.45) is 0 Å². The minimum atomic E-state index is -0.472. The zero-order valence-corrected chi connectivity index (χ0v) is 19.6. The summed E-state index contributed by atoms with van der Waals surface area (Å²) in [5.74, 6) is 0.161. The lowest BCUT2D eigenvalue weighted by Crippen LogP contribution is -2.39. The molecule has 0 bridgehead atoms. The third-order valence-electron chi connectivity index (χ3n) is 6.09. The van der Waals surface area contributed by atoms with Crippen molar-refractivity contribution in [3.8, 4) is 11.4 Å². The summed E-state index contributed by atoms with van der Waals surface area (Å²) in [5.41, 5.74) is 5.97. The van der Waals surface area contributed by atoms with Gasteiger partial charge in [0, 0.05) is 18.5 Å². The summed E-state index contributed by atoms with van der Waals surface area (Å²) in [6.07, 6.45) is 0.588. The highest BCUT2D eigenvalue weighted by atomic mass is 16.5. The van der Waals surface area contributed by atoms with E-state index in [1.807, 2.05) is 63.2 Å². The maximum absolute atomic E-state index is 13.0. The summed E-state index contributed by atoms with van der Waals surface area (Å²) in [7, 11) is 0. The molecule has 0 atom stereocenters. The van der Waals surface area contributed by atoms with E-state index >= 15 is 0 Å². The second-order valence-corrected chi connectivity index (χ2v) is 8.25. The van der Waals surface area contributed by atoms with E-state index in [1.165, 1.54) is 0 Å². The third kappa shape index (κ3) is 4.49. The van der Waals surface area contributed by atoms with Gasteiger partial charge in [-0.05, 0) is 56.5 Å². The first kappa shape index (κ1) is 22.6. The number of nitrogens with zero attached hydrogens (tertiary/aromatic N) is 3. The highest BCUT2D eigenvalue weighted by Gasteiger charge is 2.31. The third-order valence-corrected chi connectivity index (χ3v) is 6.09. The molecule has 3 aromatic rings. The van der Waals surface area contributed by atoms with Crippen molar-refractivity contribution in [3.63, 3.8) is 0 Å². The first-order valence-electron chi connectivity index (χ1n) is 11.2. The minimum Gasteiger partial charge on any atom is -0.483 e. The van der Waals surface area contributed by atoms with Gasteiger partial charge >= 0.3 is 5.97 Å². The number of rotatable bonds is 6. The van der Waals surface area contributed by atoms with E-state index in [0.29, 0.717) is 19.5 Å². The molecule has 2 heterocycles. The Morgan fingerprint density at radius 1 is 1.03 bits per heavy atom. The molecule has 4 rings (SSSR count). The molecular weight excluding hydrogens is 418 g/mol. The number of hydrogen-bond donors (Lipinski definition) is 0. The number of aromatic nitrogens is 2. The second kappa shape index (κ2) is 9.48. The Hall–Kier alpha value is -3.61. The quantitative estimate of drug-likeness (QED) is 0.535. The summed E-state index contributed by atoms with van der Waals surface area (Å²) >= 11 is 0. The van der Waals surface area contributed by atoms with Crippen molar-refractivity contribution in [2.45, 2.75) is 40.7 Å². The fourth-order valence-corrected chi connectivity index (χ4v) is 4.15. The zero-order chi connectivity index (χ0) is 23.5. The molecule has 2 aromatic carbocycles. The molecule has 0 saturated heterocycles. The molecule has 0 N–H and O–H groups in total. The number of carbonyl (C=O) groups excluding carboxylic acids is 2. The Morgan fingerprint density at radius 2 is 1.76 bits per heavy atom. The Kier molecular flexibility index (Phi) is 6.49. The monoisotopic (exact) mass is 447 g/mol. The number of fused-ring (bicyclic) bond motifs is 1. The topological polar surface area (TPSA) is 73.7 Å². The Bertz CT molecular complexity index is 1180. The molecule has 1 aliphatic rings. The summed E-state index contributed by atoms with van der Waals surface area (Å²) in [6.45, 7) is 8.80. The van der Waals surface area contributed by atoms with Crippen molar-refractivity contribution in [1.82, 2.24) is 14.7 Å². The standard InChI is InChI=1S/C26H29N3O4/c1-5-32-26(31)24-21-15-28(14-13-22(21)29(27-24)20-9-7-6-8-10-20)23(30)16-33-25-18(3)12-11-17(2)19(25)4/h6-12H,5,13-16H2,1-4H3. The predicted octanol–water partition coefficient (Wildman–Crippen LogP) is 3.94. The summed E-state index contributed by atoms with van der Waals surface area (Å²) in [6, 6.07) is 13.7. The van der Waals surface area contributed by atoms with Crippen LogP contribution in [0.1, 0.15) is 45.4 Å². The van der Waals surface area contributed by atoms with Gasteiger partial charge in [-0.25, -0.2) is 9.48 Å². The van der Waals surface area contributed by atoms with E-state index in [2.05, 4.69) is 5.10 Å². The van der Waals surface area contributed by atoms with Gasteiger partial charge in [0.15, 0.2) is 12.3 Å². The maximum atomic E-state index is 13.0. The van der Waals surface area contributed by atoms with E-state index in [0.717, 1.165) is 39.4 Å². The second-order valence-electron chi connectivity index (χ2n) is 8.25. The number of carbonyl (C=O) groups is 2. The van der Waals surface area contributed by atoms with Gasteiger partial charge in [0.1, 0.15) is 5.75 Å². The fourth-order valence-electron chi connectivity index (χ4n) is 4.15. The summed E-state index contributed by atoms with van der Waals surface area (Å²) in [5, 5.41) is 4.57. The minimum absolute atomic E-state index is 0.0535. The van der Waals surface area contributed by atoms with Crippen LogP contribution in [-0.4, -0.2) is 46.3 Å². The summed E-state index contributed by atoms with van der Waals surface area (Å²) in [4.78, 5) is 27.4. The van der Waals surface area contributed by atoms with E-state index < -0.39 is 5.97 Å². The lowest BCUT2D eigenvalue weighted by Gasteiger charge is -2.28. The molecule has 0 aliphatic carbocycles. The largest absolute Gasteiger partial charge is 0.483 e. The van der Waals surface area contributed by atoms with E-state index in [-0.39, 0.29) is 24.8 Å². The Labute approximate surface area is 193 Å². The predicted molar refractivity (Wildman–Crippen MR) is 125 cm³/mol. The highest BCUT2D eigenvalue weighted by Crippen LogP contribution is 2.28. The van der Waals surface area contributed by atoms with Crippen LogP contribution in [0.2, 0.25) is 0 Å². The number of esters is 1. The zero-order valence-electron chi connectivity index (χ0n) is 19.6. The molecular formula is C26H29N3O4. The number of para-hydroxylation sites is 1. The van der Waals surface area contributed by atoms with Crippen LogP contribution in [0, 0.1) is 20.8 Å². The average Bonchev–Trinajstić information content (AvgIpc) is 3.21. The van der Waals surface area contributed by atoms with Gasteiger partial charge in [-0.3, -0.25) is 4.79 Å². The molecule has 0 spiro atoms. The van der Waals surface area contributed by atoms with E-state index in [9.17, 15) is 9.59 Å². The Morgan fingerprint density at radius 3 is 2.48 bits per heavy atom. The van der Waals surface area contributed by atoms with Crippen molar-refractivity contribution >= 4 is 11.9 Å². The molecule has 1 aliphatic heterocycles. The smallest absolute Gasteiger partial charge is 0.359 e. The van der Waals surface area contributed by atoms with E-state index in [4.69, 9.17) is 9.47 Å². The van der Waals surface area contributed by atoms with Crippen molar-refractivity contribution in [1.29, 1.82) is 0 Å². The SMILES string of the molecule is CCOC(=O)c1nn(-c2ccccc2)c2c1CN(C(=O)COc1c(C)ccc(C)c1C)CC2. The summed E-state index contributed by atoms with van der Waals surface area (Å²) < 4.78 is 13.0. The molecule has 1 amide bonds. The van der Waals surface area contributed by atoms with Gasteiger partial charge in [0.05, 0.1) is 24.5 Å². The van der Waals surface area contributed by atoms with Crippen LogP contribution in [-0.2, 0) is 22.5 Å². The molecule has 0 unspecified atom stereocenters. The number of amides is 1. The van der Waals surface area contributed by atoms with Crippen LogP contribution >= 0.6 is 0 Å². The molecule has 1 aromatic heterocycles. The van der Waals surface area contributed by atoms with Crippen LogP contribution in [0.15, 0.2) is 42.5 Å². The molecule has 7 heteroatoms. The molecule has 33 heavy (non-hydrogen) atoms. The van der Waals surface area contributed by atoms with E-state index in [1.54, 1.807) is 16.5 Å². The lowest BCUT2D eigenvalue weighted by atomic mass is 10.0. The van der Waals surface area contributed by atoms with Crippen LogP contribution in [0.4, 0.5) is 0 Å². The fraction of sp³-hybridized carbons (Fsp3) is 0.346. The number of benzene rings is 2. The number of aryl methyl sites for hydroxylation is 2. The highest BCUT2D eigenvalue weighted by molar-refractivity contribution is 5.90. The molecule has 172 valence electrons. The van der Waals surface area contributed by atoms with Crippen molar-refractivity contribution < 1.29 is 19.1 Å². The molecule has 0 saturated carbocycles. The maximum Gasteiger partial charge on any atom is 0.359 e. The molecule has 0 radical (unpaired) electrons. The molecule has 0 fully saturated rings. The van der Waals surface area contributed by atoms with Crippen LogP contribution in [0.25, 0.3) is 5.69 Å². The van der Waals surface area contributed by atoms with Gasteiger partial charge in [0.2, 0.25) is 0 Å². The van der Waals surface area contributed by atoms with Gasteiger partial charge in [0.25, 0.3) is 5.91 Å². The van der Waals surface area contributed by atoms with Gasteiger partial charge in [-0.2, -0.15) is 5.10 Å². The number of ether oxygens (including phenoxy) is 2. The van der Waals surface area contributed by atoms with Crippen LogP contribution < -0.4 is 4.74 Å². The first-order valence-corrected chi connectivity index (χ1v) is 11.2. The lowest BCUT2D eigenvalue weighted by molar-refractivity contribution is -0.134. The normalized spacial score (nSPS) is 12.9. The van der Waals surface area contributed by atoms with Crippen molar-refractivity contribution in [3.05, 3.63) is 76.1 Å². The van der Waals surface area contributed by atoms with Crippen LogP contribution in [0.3, 0.4) is 0 Å².